The van der Waals surface area contributed by atoms with Crippen LogP contribution in [0.4, 0.5) is 0 Å². The zero-order valence-corrected chi connectivity index (χ0v) is 34.9. The average molecular weight is 785 g/mol. The van der Waals surface area contributed by atoms with Gasteiger partial charge in [-0.1, -0.05) is 84.0 Å². The van der Waals surface area contributed by atoms with Gasteiger partial charge in [-0.05, 0) is 13.3 Å². The van der Waals surface area contributed by atoms with Gasteiger partial charge in [0.2, 0.25) is 0 Å². The van der Waals surface area contributed by atoms with E-state index >= 15 is 0 Å². The average Bonchev–Trinajstić information content (AvgIpc) is 3.18. The molecule has 0 aliphatic carbocycles. The fraction of sp³-hybridized carbons (Fsp3) is 1.00. The third-order valence-corrected chi connectivity index (χ3v) is 8.06. The molecule has 0 aliphatic rings. The van der Waals surface area contributed by atoms with E-state index in [-0.39, 0.29) is 0 Å². The largest absolute Gasteiger partial charge is 0.379 e. The van der Waals surface area contributed by atoms with E-state index in [0.29, 0.717) is 165 Å². The van der Waals surface area contributed by atoms with Gasteiger partial charge < -0.3 is 61.6 Å². The maximum absolute atomic E-state index is 5.68. The lowest BCUT2D eigenvalue weighted by Crippen LogP contribution is -2.15. The van der Waals surface area contributed by atoms with Crippen molar-refractivity contribution in [1.82, 2.24) is 0 Å². The van der Waals surface area contributed by atoms with Crippen molar-refractivity contribution in [2.45, 2.75) is 97.3 Å². The summed E-state index contributed by atoms with van der Waals surface area (Å²) in [4.78, 5) is 0. The number of hydrogen-bond donors (Lipinski definition) is 0. The minimum absolute atomic E-state index is 0.517. The summed E-state index contributed by atoms with van der Waals surface area (Å²) in [7, 11) is 0. The fourth-order valence-corrected chi connectivity index (χ4v) is 5.01. The third-order valence-electron chi connectivity index (χ3n) is 8.06. The molecule has 0 aromatic rings. The molecule has 0 spiro atoms. The topological polar surface area (TPSA) is 120 Å². The molecule has 13 heteroatoms. The van der Waals surface area contributed by atoms with E-state index in [9.17, 15) is 0 Å². The van der Waals surface area contributed by atoms with E-state index in [1.54, 1.807) is 0 Å². The SMILES string of the molecule is CCCCCCCCCCCCCCCOCCOCCOCCOCCOCCOCCOCCOCCOCCOCCOCCOCCOCC. The summed E-state index contributed by atoms with van der Waals surface area (Å²) in [6, 6.07) is 0. The third kappa shape index (κ3) is 51.5. The van der Waals surface area contributed by atoms with E-state index in [0.717, 1.165) is 13.0 Å². The Hall–Kier alpha value is -0.520. The molecular weight excluding hydrogens is 700 g/mol. The second kappa shape index (κ2) is 52.5. The predicted molar refractivity (Wildman–Crippen MR) is 212 cm³/mol. The second-order valence-electron chi connectivity index (χ2n) is 12.8. The van der Waals surface area contributed by atoms with E-state index < -0.39 is 0 Å². The first-order chi connectivity index (χ1) is 26.9. The molecule has 0 aromatic carbocycles. The number of ether oxygens (including phenoxy) is 13. The van der Waals surface area contributed by atoms with Crippen LogP contribution in [-0.4, -0.2) is 172 Å². The maximum atomic E-state index is 5.68. The summed E-state index contributed by atoms with van der Waals surface area (Å²) in [6.45, 7) is 18.9. The summed E-state index contributed by atoms with van der Waals surface area (Å²) in [5, 5.41) is 0. The van der Waals surface area contributed by atoms with Crippen molar-refractivity contribution in [3.8, 4) is 0 Å². The van der Waals surface area contributed by atoms with Crippen LogP contribution in [-0.2, 0) is 61.6 Å². The van der Waals surface area contributed by atoms with Crippen LogP contribution in [0.15, 0.2) is 0 Å². The molecule has 0 amide bonds. The van der Waals surface area contributed by atoms with Crippen LogP contribution in [0.3, 0.4) is 0 Å². The van der Waals surface area contributed by atoms with Crippen molar-refractivity contribution in [3.05, 3.63) is 0 Å². The Bertz CT molecular complexity index is 584. The van der Waals surface area contributed by atoms with Crippen molar-refractivity contribution < 1.29 is 61.6 Å². The first kappa shape index (κ1) is 53.5. The minimum atomic E-state index is 0.517. The summed E-state index contributed by atoms with van der Waals surface area (Å²) >= 11 is 0. The summed E-state index contributed by atoms with van der Waals surface area (Å²) in [5.41, 5.74) is 0. The molecule has 0 aromatic heterocycles. The van der Waals surface area contributed by atoms with Crippen LogP contribution in [0.5, 0.6) is 0 Å². The van der Waals surface area contributed by atoms with Gasteiger partial charge in [0.15, 0.2) is 0 Å². The summed E-state index contributed by atoms with van der Waals surface area (Å²) in [5.74, 6) is 0. The molecule has 0 N–H and O–H groups in total. The van der Waals surface area contributed by atoms with Crippen LogP contribution >= 0.6 is 0 Å². The second-order valence-corrected chi connectivity index (χ2v) is 12.8. The van der Waals surface area contributed by atoms with Crippen molar-refractivity contribution in [2.75, 3.05) is 172 Å². The highest BCUT2D eigenvalue weighted by molar-refractivity contribution is 4.49. The molecule has 0 unspecified atom stereocenters. The Balaban J connectivity index is 3.05. The standard InChI is InChI=1S/C41H84O13/c1-3-5-6-7-8-9-10-11-12-13-14-15-16-17-43-20-21-45-24-25-47-28-29-49-32-33-51-36-37-53-40-41-54-39-38-52-35-34-50-31-30-48-27-26-46-23-22-44-19-18-42-4-2/h3-41H2,1-2H3. The molecule has 0 heterocycles. The lowest BCUT2D eigenvalue weighted by molar-refractivity contribution is -0.0289. The molecule has 0 rings (SSSR count). The molecule has 0 radical (unpaired) electrons. The molecule has 0 aliphatic heterocycles. The van der Waals surface area contributed by atoms with Gasteiger partial charge in [-0.15, -0.1) is 0 Å². The van der Waals surface area contributed by atoms with Gasteiger partial charge in [-0.2, -0.15) is 0 Å². The van der Waals surface area contributed by atoms with E-state index in [4.69, 9.17) is 61.6 Å². The van der Waals surface area contributed by atoms with Crippen molar-refractivity contribution in [2.24, 2.45) is 0 Å². The Morgan fingerprint density at radius 3 is 0.537 bits per heavy atom. The Kier molecular flexibility index (Phi) is 52.0. The fourth-order valence-electron chi connectivity index (χ4n) is 5.01. The lowest BCUT2D eigenvalue weighted by Gasteiger charge is -2.09. The molecule has 0 saturated carbocycles. The number of hydrogen-bond acceptors (Lipinski definition) is 13. The Morgan fingerprint density at radius 1 is 0.167 bits per heavy atom. The highest BCUT2D eigenvalue weighted by Gasteiger charge is 1.98. The maximum Gasteiger partial charge on any atom is 0.0701 e. The van der Waals surface area contributed by atoms with Gasteiger partial charge in [0, 0.05) is 13.2 Å². The van der Waals surface area contributed by atoms with Gasteiger partial charge in [0.1, 0.15) is 0 Å². The van der Waals surface area contributed by atoms with Crippen molar-refractivity contribution in [1.29, 1.82) is 0 Å². The number of unbranched alkanes of at least 4 members (excludes halogenated alkanes) is 12. The molecule has 0 saturated heterocycles. The normalized spacial score (nSPS) is 11.7. The van der Waals surface area contributed by atoms with Crippen LogP contribution < -0.4 is 0 Å². The van der Waals surface area contributed by atoms with Crippen LogP contribution in [0.25, 0.3) is 0 Å². The zero-order valence-electron chi connectivity index (χ0n) is 34.9. The molecule has 54 heavy (non-hydrogen) atoms. The van der Waals surface area contributed by atoms with Crippen LogP contribution in [0.2, 0.25) is 0 Å². The van der Waals surface area contributed by atoms with E-state index in [1.807, 2.05) is 6.92 Å². The monoisotopic (exact) mass is 785 g/mol. The summed E-state index contributed by atoms with van der Waals surface area (Å²) < 4.78 is 71.3. The predicted octanol–water partition coefficient (Wildman–Crippen LogP) is 6.31. The van der Waals surface area contributed by atoms with Crippen molar-refractivity contribution in [3.63, 3.8) is 0 Å². The van der Waals surface area contributed by atoms with Gasteiger partial charge in [-0.25, -0.2) is 0 Å². The summed E-state index contributed by atoms with van der Waals surface area (Å²) in [6.07, 6.45) is 17.8. The first-order valence-electron chi connectivity index (χ1n) is 21.4. The van der Waals surface area contributed by atoms with Crippen LogP contribution in [0, 0.1) is 0 Å². The molecule has 0 atom stereocenters. The lowest BCUT2D eigenvalue weighted by atomic mass is 10.0. The molecule has 326 valence electrons. The Labute approximate surface area is 330 Å². The minimum Gasteiger partial charge on any atom is -0.379 e. The molecule has 0 fully saturated rings. The van der Waals surface area contributed by atoms with Crippen LogP contribution in [0.1, 0.15) is 97.3 Å². The van der Waals surface area contributed by atoms with Crippen molar-refractivity contribution >= 4 is 0 Å². The first-order valence-corrected chi connectivity index (χ1v) is 21.4. The van der Waals surface area contributed by atoms with Gasteiger partial charge >= 0.3 is 0 Å². The van der Waals surface area contributed by atoms with E-state index in [2.05, 4.69) is 6.92 Å². The number of rotatable bonds is 51. The molecule has 13 nitrogen and oxygen atoms in total. The smallest absolute Gasteiger partial charge is 0.0701 e. The molecule has 0 bridgehead atoms. The van der Waals surface area contributed by atoms with Gasteiger partial charge in [0.05, 0.1) is 159 Å². The Morgan fingerprint density at radius 2 is 0.333 bits per heavy atom. The molecular formula is C41H84O13. The highest BCUT2D eigenvalue weighted by atomic mass is 16.6. The zero-order chi connectivity index (χ0) is 38.8. The highest BCUT2D eigenvalue weighted by Crippen LogP contribution is 2.12. The van der Waals surface area contributed by atoms with E-state index in [1.165, 1.54) is 77.0 Å². The quantitative estimate of drug-likeness (QED) is 0.0642. The van der Waals surface area contributed by atoms with Gasteiger partial charge in [-0.3, -0.25) is 0 Å². The van der Waals surface area contributed by atoms with Gasteiger partial charge in [0.25, 0.3) is 0 Å².